The number of halogens is 5. The monoisotopic (exact) mass is 656 g/mol. The third kappa shape index (κ3) is 6.77. The predicted octanol–water partition coefficient (Wildman–Crippen LogP) is 4.72. The molecule has 0 atom stereocenters. The number of hydrogen-bond donors (Lipinski definition) is 0. The number of hydrogen-bond acceptors (Lipinski definition) is 6. The number of sulfonamides is 1. The van der Waals surface area contributed by atoms with Crippen molar-refractivity contribution in [1.29, 1.82) is 0 Å². The van der Waals surface area contributed by atoms with Crippen molar-refractivity contribution >= 4 is 53.3 Å². The van der Waals surface area contributed by atoms with Gasteiger partial charge in [-0.1, -0.05) is 62.2 Å². The second-order valence-corrected chi connectivity index (χ2v) is 11.6. The van der Waals surface area contributed by atoms with Gasteiger partial charge < -0.3 is 4.90 Å². The minimum Gasteiger partial charge on any atom is -0.368 e. The molecule has 3 rings (SSSR count). The number of piperazine rings is 1. The first-order chi connectivity index (χ1) is 17.0. The van der Waals surface area contributed by atoms with E-state index in [9.17, 15) is 31.7 Å². The summed E-state index contributed by atoms with van der Waals surface area (Å²) < 4.78 is 70.9. The van der Waals surface area contributed by atoms with Crippen LogP contribution >= 0.6 is 31.9 Å². The van der Waals surface area contributed by atoms with E-state index in [2.05, 4.69) is 36.8 Å². The van der Waals surface area contributed by atoms with E-state index in [1.165, 1.54) is 4.90 Å². The van der Waals surface area contributed by atoms with Crippen LogP contribution in [-0.2, 0) is 22.7 Å². The van der Waals surface area contributed by atoms with Crippen molar-refractivity contribution in [3.8, 4) is 0 Å². The molecular weight excluding hydrogens is 633 g/mol. The Hall–Kier alpha value is -1.74. The van der Waals surface area contributed by atoms with E-state index < -0.39 is 43.0 Å². The molecule has 2 aromatic rings. The summed E-state index contributed by atoms with van der Waals surface area (Å²) >= 11 is 6.41. The highest BCUT2D eigenvalue weighted by Gasteiger charge is 2.42. The van der Waals surface area contributed by atoms with E-state index in [1.54, 1.807) is 0 Å². The zero-order valence-electron chi connectivity index (χ0n) is 19.1. The van der Waals surface area contributed by atoms with Crippen LogP contribution < -0.4 is 4.90 Å². The molecule has 1 aliphatic rings. The smallest absolute Gasteiger partial charge is 0.368 e. The Balaban J connectivity index is 2.03. The Bertz CT molecular complexity index is 1160. The van der Waals surface area contributed by atoms with Gasteiger partial charge in [0.1, 0.15) is 4.90 Å². The molecule has 0 bridgehead atoms. The zero-order valence-corrected chi connectivity index (χ0v) is 23.1. The van der Waals surface area contributed by atoms with Crippen LogP contribution in [0.1, 0.15) is 11.1 Å². The van der Waals surface area contributed by atoms with Crippen molar-refractivity contribution in [2.75, 3.05) is 54.8 Å². The molecule has 0 aromatic heterocycles. The first kappa shape index (κ1) is 28.8. The lowest BCUT2D eigenvalue weighted by Gasteiger charge is -2.35. The topological polar surface area (TPSA) is 87.0 Å². The maximum atomic E-state index is 14.1. The molecule has 8 nitrogen and oxygen atoms in total. The molecule has 0 radical (unpaired) electrons. The first-order valence-electron chi connectivity index (χ1n) is 11.0. The summed E-state index contributed by atoms with van der Waals surface area (Å²) in [7, 11) is -4.48. The van der Waals surface area contributed by atoms with Gasteiger partial charge in [0, 0.05) is 68.6 Å². The van der Waals surface area contributed by atoms with Crippen molar-refractivity contribution in [3.05, 3.63) is 63.7 Å². The largest absolute Gasteiger partial charge is 0.418 e. The maximum Gasteiger partial charge on any atom is 0.418 e. The third-order valence-corrected chi connectivity index (χ3v) is 8.42. The van der Waals surface area contributed by atoms with Crippen LogP contribution in [0.4, 0.5) is 24.5 Å². The fourth-order valence-corrected chi connectivity index (χ4v) is 6.62. The first-order valence-corrected chi connectivity index (χ1v) is 14.7. The van der Waals surface area contributed by atoms with Crippen LogP contribution in [0.15, 0.2) is 47.4 Å². The minimum absolute atomic E-state index is 0.0511. The summed E-state index contributed by atoms with van der Waals surface area (Å²) in [5.41, 5.74) is -1.78. The van der Waals surface area contributed by atoms with Crippen molar-refractivity contribution in [2.24, 2.45) is 0 Å². The van der Waals surface area contributed by atoms with E-state index >= 15 is 0 Å². The average molecular weight is 658 g/mol. The van der Waals surface area contributed by atoms with Gasteiger partial charge in [0.15, 0.2) is 0 Å². The molecule has 0 amide bonds. The molecule has 1 heterocycles. The summed E-state index contributed by atoms with van der Waals surface area (Å²) in [6.07, 6.45) is -5.00. The summed E-state index contributed by atoms with van der Waals surface area (Å²) in [6, 6.07) is 10.8. The molecule has 1 aliphatic heterocycles. The quantitative estimate of drug-likeness (QED) is 0.209. The Morgan fingerprint density at radius 2 is 1.58 bits per heavy atom. The lowest BCUT2D eigenvalue weighted by molar-refractivity contribution is -0.385. The molecule has 1 saturated heterocycles. The number of nitro benzene ring substituents is 1. The van der Waals surface area contributed by atoms with Crippen molar-refractivity contribution < 1.29 is 26.5 Å². The van der Waals surface area contributed by atoms with E-state index in [1.807, 2.05) is 30.3 Å². The van der Waals surface area contributed by atoms with Gasteiger partial charge in [-0.15, -0.1) is 0 Å². The van der Waals surface area contributed by atoms with Gasteiger partial charge >= 0.3 is 6.18 Å². The molecular formula is C22H25Br2F3N4O4S. The molecule has 36 heavy (non-hydrogen) atoms. The number of anilines is 1. The number of nitrogens with zero attached hydrogens (tertiary/aromatic N) is 4. The van der Waals surface area contributed by atoms with Crippen LogP contribution in [0.2, 0.25) is 0 Å². The van der Waals surface area contributed by atoms with Gasteiger partial charge in [-0.3, -0.25) is 15.0 Å². The molecule has 0 spiro atoms. The fourth-order valence-electron chi connectivity index (χ4n) is 4.09. The number of rotatable bonds is 10. The molecule has 0 aliphatic carbocycles. The number of alkyl halides is 5. The van der Waals surface area contributed by atoms with Crippen LogP contribution in [0.5, 0.6) is 0 Å². The fraction of sp³-hybridized carbons (Fsp3) is 0.455. The molecule has 0 N–H and O–H groups in total. The molecule has 2 aromatic carbocycles. The lowest BCUT2D eigenvalue weighted by atomic mass is 10.1. The zero-order chi connectivity index (χ0) is 26.5. The summed E-state index contributed by atoms with van der Waals surface area (Å²) in [5, 5.41) is 12.0. The third-order valence-electron chi connectivity index (χ3n) is 5.80. The van der Waals surface area contributed by atoms with Gasteiger partial charge in [-0.25, -0.2) is 8.42 Å². The Kier molecular flexibility index (Phi) is 9.77. The predicted molar refractivity (Wildman–Crippen MR) is 138 cm³/mol. The van der Waals surface area contributed by atoms with Gasteiger partial charge in [0.2, 0.25) is 10.0 Å². The number of benzene rings is 2. The standard InChI is InChI=1S/C22H25Br2F3N4O4S/c23-6-8-29(9-7-24)21-19(22(25,26)27)14-18(31(32)33)15-20(21)36(34,35)30-12-10-28(11-13-30)16-17-4-2-1-3-5-17/h1-5,14-15H,6-13,16H2. The molecule has 198 valence electrons. The molecule has 1 fully saturated rings. The average Bonchev–Trinajstić information content (AvgIpc) is 2.83. The normalized spacial score (nSPS) is 15.7. The van der Waals surface area contributed by atoms with Gasteiger partial charge in [0.25, 0.3) is 5.69 Å². The van der Waals surface area contributed by atoms with Crippen LogP contribution in [0.3, 0.4) is 0 Å². The Labute approximate surface area is 224 Å². The maximum absolute atomic E-state index is 14.1. The van der Waals surface area contributed by atoms with Gasteiger partial charge in [0.05, 0.1) is 16.2 Å². The highest BCUT2D eigenvalue weighted by molar-refractivity contribution is 9.09. The van der Waals surface area contributed by atoms with Crippen LogP contribution in [0, 0.1) is 10.1 Å². The van der Waals surface area contributed by atoms with E-state index in [-0.39, 0.29) is 36.8 Å². The highest BCUT2D eigenvalue weighted by atomic mass is 79.9. The van der Waals surface area contributed by atoms with Gasteiger partial charge in [-0.05, 0) is 5.56 Å². The summed E-state index contributed by atoms with van der Waals surface area (Å²) in [5.74, 6) is 0. The van der Waals surface area contributed by atoms with Crippen LogP contribution in [-0.4, -0.2) is 72.5 Å². The Morgan fingerprint density at radius 1 is 1.00 bits per heavy atom. The lowest BCUT2D eigenvalue weighted by Crippen LogP contribution is -2.48. The summed E-state index contributed by atoms with van der Waals surface area (Å²) in [4.78, 5) is 13.1. The SMILES string of the molecule is O=[N+]([O-])c1cc(C(F)(F)F)c(N(CCBr)CCBr)c(S(=O)(=O)N2CCN(Cc3ccccc3)CC2)c1. The second-order valence-electron chi connectivity index (χ2n) is 8.13. The minimum atomic E-state index is -5.00. The van der Waals surface area contributed by atoms with Crippen LogP contribution in [0.25, 0.3) is 0 Å². The van der Waals surface area contributed by atoms with Gasteiger partial charge in [-0.2, -0.15) is 17.5 Å². The second kappa shape index (κ2) is 12.2. The Morgan fingerprint density at radius 3 is 2.08 bits per heavy atom. The van der Waals surface area contributed by atoms with E-state index in [4.69, 9.17) is 0 Å². The molecule has 0 unspecified atom stereocenters. The summed E-state index contributed by atoms with van der Waals surface area (Å²) in [6.45, 7) is 1.60. The van der Waals surface area contributed by atoms with E-state index in [0.29, 0.717) is 25.7 Å². The molecule has 14 heteroatoms. The number of non-ortho nitro benzene ring substituents is 1. The number of nitro groups is 1. The highest BCUT2D eigenvalue weighted by Crippen LogP contribution is 2.43. The van der Waals surface area contributed by atoms with E-state index in [0.717, 1.165) is 15.9 Å². The molecule has 0 saturated carbocycles. The van der Waals surface area contributed by atoms with Crippen molar-refractivity contribution in [3.63, 3.8) is 0 Å². The van der Waals surface area contributed by atoms with Crippen molar-refractivity contribution in [1.82, 2.24) is 9.21 Å². The van der Waals surface area contributed by atoms with Crippen molar-refractivity contribution in [2.45, 2.75) is 17.6 Å².